The molecule has 0 spiro atoms. The van der Waals surface area contributed by atoms with E-state index in [2.05, 4.69) is 55.6 Å². The number of rotatable bonds is 9. The predicted octanol–water partition coefficient (Wildman–Crippen LogP) is 3.47. The average Bonchev–Trinajstić information content (AvgIpc) is 2.72. The number of nitrogens with one attached hydrogen (secondary N) is 2. The molecule has 1 heterocycles. The van der Waals surface area contributed by atoms with Crippen molar-refractivity contribution < 1.29 is 9.47 Å². The van der Waals surface area contributed by atoms with Crippen molar-refractivity contribution in [2.75, 3.05) is 54.1 Å². The lowest BCUT2D eigenvalue weighted by atomic mass is 9.89. The van der Waals surface area contributed by atoms with Crippen LogP contribution in [0.15, 0.2) is 29.3 Å². The largest absolute Gasteiger partial charge is 0.497 e. The van der Waals surface area contributed by atoms with E-state index in [9.17, 15) is 0 Å². The summed E-state index contributed by atoms with van der Waals surface area (Å²) in [6.45, 7) is 8.53. The molecular formula is C22H39IN4O2. The van der Waals surface area contributed by atoms with Crippen LogP contribution in [0.2, 0.25) is 0 Å². The number of guanidine groups is 1. The van der Waals surface area contributed by atoms with Crippen molar-refractivity contribution in [1.29, 1.82) is 0 Å². The summed E-state index contributed by atoms with van der Waals surface area (Å²) in [5, 5.41) is 6.88. The Morgan fingerprint density at radius 1 is 1.21 bits per heavy atom. The number of aliphatic imine (C=N–C) groups is 1. The van der Waals surface area contributed by atoms with Crippen molar-refractivity contribution in [1.82, 2.24) is 15.5 Å². The molecule has 7 heteroatoms. The summed E-state index contributed by atoms with van der Waals surface area (Å²) in [4.78, 5) is 7.22. The monoisotopic (exact) mass is 518 g/mol. The number of benzene rings is 1. The van der Waals surface area contributed by atoms with Crippen molar-refractivity contribution >= 4 is 29.9 Å². The molecule has 0 radical (unpaired) electrons. The Balaban J connectivity index is 0.00000420. The molecule has 1 aliphatic rings. The van der Waals surface area contributed by atoms with Gasteiger partial charge in [0, 0.05) is 31.8 Å². The summed E-state index contributed by atoms with van der Waals surface area (Å²) in [6, 6.07) is 8.35. The number of hydrogen-bond donors (Lipinski definition) is 2. The fraction of sp³-hybridized carbons (Fsp3) is 0.682. The van der Waals surface area contributed by atoms with Gasteiger partial charge in [-0.15, -0.1) is 24.0 Å². The first-order valence-electron chi connectivity index (χ1n) is 10.4. The second-order valence-corrected chi connectivity index (χ2v) is 7.82. The molecular weight excluding hydrogens is 479 g/mol. The van der Waals surface area contributed by atoms with E-state index in [0.29, 0.717) is 5.92 Å². The van der Waals surface area contributed by atoms with Gasteiger partial charge in [0.15, 0.2) is 5.96 Å². The van der Waals surface area contributed by atoms with Crippen LogP contribution in [-0.2, 0) is 4.74 Å². The lowest BCUT2D eigenvalue weighted by Gasteiger charge is -2.41. The molecule has 1 saturated heterocycles. The van der Waals surface area contributed by atoms with Crippen LogP contribution < -0.4 is 15.4 Å². The summed E-state index contributed by atoms with van der Waals surface area (Å²) >= 11 is 0. The molecule has 1 aliphatic heterocycles. The molecule has 0 bridgehead atoms. The molecule has 0 saturated carbocycles. The minimum Gasteiger partial charge on any atom is -0.497 e. The van der Waals surface area contributed by atoms with Crippen LogP contribution in [0.5, 0.6) is 5.75 Å². The quantitative estimate of drug-likeness (QED) is 0.298. The molecule has 0 amide bonds. The van der Waals surface area contributed by atoms with E-state index in [-0.39, 0.29) is 29.5 Å². The minimum atomic E-state index is 0. The third-order valence-electron chi connectivity index (χ3n) is 5.80. The first-order valence-corrected chi connectivity index (χ1v) is 10.4. The van der Waals surface area contributed by atoms with E-state index in [4.69, 9.17) is 14.5 Å². The van der Waals surface area contributed by atoms with E-state index in [1.54, 1.807) is 7.11 Å². The van der Waals surface area contributed by atoms with Gasteiger partial charge in [-0.3, -0.25) is 4.99 Å². The molecule has 1 aromatic rings. The van der Waals surface area contributed by atoms with Gasteiger partial charge in [0.2, 0.25) is 0 Å². The fourth-order valence-corrected chi connectivity index (χ4v) is 3.57. The molecule has 6 nitrogen and oxygen atoms in total. The fourth-order valence-electron chi connectivity index (χ4n) is 3.57. The third kappa shape index (κ3) is 7.94. The van der Waals surface area contributed by atoms with Crippen LogP contribution in [0.4, 0.5) is 0 Å². The Morgan fingerprint density at radius 2 is 1.86 bits per heavy atom. The minimum absolute atomic E-state index is 0. The highest BCUT2D eigenvalue weighted by Gasteiger charge is 2.34. The highest BCUT2D eigenvalue weighted by Crippen LogP contribution is 2.26. The van der Waals surface area contributed by atoms with Gasteiger partial charge in [-0.05, 0) is 63.9 Å². The molecule has 1 unspecified atom stereocenters. The summed E-state index contributed by atoms with van der Waals surface area (Å²) in [5.74, 6) is 2.28. The lowest BCUT2D eigenvalue weighted by molar-refractivity contribution is -0.00254. The zero-order valence-corrected chi connectivity index (χ0v) is 21.0. The van der Waals surface area contributed by atoms with Crippen molar-refractivity contribution in [3.63, 3.8) is 0 Å². The van der Waals surface area contributed by atoms with E-state index in [0.717, 1.165) is 63.8 Å². The molecule has 2 rings (SSSR count). The van der Waals surface area contributed by atoms with Gasteiger partial charge in [-0.25, -0.2) is 0 Å². The second-order valence-electron chi connectivity index (χ2n) is 7.82. The summed E-state index contributed by atoms with van der Waals surface area (Å²) in [5.41, 5.74) is 1.43. The van der Waals surface area contributed by atoms with Crippen LogP contribution in [0.1, 0.15) is 44.6 Å². The molecule has 0 aliphatic carbocycles. The van der Waals surface area contributed by atoms with E-state index < -0.39 is 0 Å². The van der Waals surface area contributed by atoms with Gasteiger partial charge in [0.25, 0.3) is 0 Å². The van der Waals surface area contributed by atoms with Gasteiger partial charge in [0.05, 0.1) is 13.7 Å². The SMILES string of the molecule is CCNC(=NCC1(N(C)C)CCOCC1)NCCC(C)c1ccc(OC)cc1.I. The highest BCUT2D eigenvalue weighted by atomic mass is 127. The first-order chi connectivity index (χ1) is 13.5. The Bertz CT molecular complexity index is 601. The molecule has 1 atom stereocenters. The van der Waals surface area contributed by atoms with Gasteiger partial charge in [-0.2, -0.15) is 0 Å². The smallest absolute Gasteiger partial charge is 0.191 e. The van der Waals surface area contributed by atoms with Crippen LogP contribution in [0, 0.1) is 0 Å². The number of hydrogen-bond acceptors (Lipinski definition) is 4. The number of nitrogens with zero attached hydrogens (tertiary/aromatic N) is 2. The maximum Gasteiger partial charge on any atom is 0.191 e. The topological polar surface area (TPSA) is 58.1 Å². The van der Waals surface area contributed by atoms with Crippen molar-refractivity contribution in [2.45, 2.75) is 44.6 Å². The van der Waals surface area contributed by atoms with Crippen molar-refractivity contribution in [2.24, 2.45) is 4.99 Å². The van der Waals surface area contributed by atoms with Crippen LogP contribution in [0.25, 0.3) is 0 Å². The van der Waals surface area contributed by atoms with E-state index in [1.165, 1.54) is 5.56 Å². The molecule has 1 fully saturated rings. The lowest BCUT2D eigenvalue weighted by Crippen LogP contribution is -2.51. The van der Waals surface area contributed by atoms with Gasteiger partial charge >= 0.3 is 0 Å². The van der Waals surface area contributed by atoms with Crippen molar-refractivity contribution in [3.05, 3.63) is 29.8 Å². The first kappa shape index (κ1) is 26.0. The molecule has 2 N–H and O–H groups in total. The highest BCUT2D eigenvalue weighted by molar-refractivity contribution is 14.0. The summed E-state index contributed by atoms with van der Waals surface area (Å²) < 4.78 is 10.8. The Morgan fingerprint density at radius 3 is 2.41 bits per heavy atom. The van der Waals surface area contributed by atoms with E-state index >= 15 is 0 Å². The van der Waals surface area contributed by atoms with Gasteiger partial charge in [-0.1, -0.05) is 19.1 Å². The van der Waals surface area contributed by atoms with Crippen LogP contribution >= 0.6 is 24.0 Å². The van der Waals surface area contributed by atoms with Crippen LogP contribution in [0.3, 0.4) is 0 Å². The maximum absolute atomic E-state index is 5.56. The number of methoxy groups -OCH3 is 1. The number of likely N-dealkylation sites (N-methyl/N-ethyl adjacent to an activating group) is 1. The predicted molar refractivity (Wildman–Crippen MR) is 132 cm³/mol. The van der Waals surface area contributed by atoms with Crippen LogP contribution in [-0.4, -0.2) is 70.5 Å². The Kier molecular flexibility index (Phi) is 11.9. The third-order valence-corrected chi connectivity index (χ3v) is 5.80. The normalized spacial score (nSPS) is 17.4. The average molecular weight is 518 g/mol. The van der Waals surface area contributed by atoms with Crippen molar-refractivity contribution in [3.8, 4) is 5.75 Å². The van der Waals surface area contributed by atoms with E-state index in [1.807, 2.05) is 12.1 Å². The van der Waals surface area contributed by atoms with Gasteiger partial charge < -0.3 is 25.0 Å². The summed E-state index contributed by atoms with van der Waals surface area (Å²) in [7, 11) is 6.00. The second kappa shape index (κ2) is 13.3. The molecule has 166 valence electrons. The Labute approximate surface area is 193 Å². The zero-order valence-electron chi connectivity index (χ0n) is 18.7. The molecule has 0 aromatic heterocycles. The Hall–Kier alpha value is -1.06. The number of ether oxygens (including phenoxy) is 2. The van der Waals surface area contributed by atoms with Gasteiger partial charge in [0.1, 0.15) is 5.75 Å². The maximum atomic E-state index is 5.56. The zero-order chi connectivity index (χ0) is 20.4. The summed E-state index contributed by atoms with van der Waals surface area (Å²) in [6.07, 6.45) is 3.10. The molecule has 29 heavy (non-hydrogen) atoms. The standard InChI is InChI=1S/C22H38N4O2.HI/c1-6-23-21(25-17-22(26(3)4)12-15-28-16-13-22)24-14-11-18(2)19-7-9-20(27-5)10-8-19;/h7-10,18H,6,11-17H2,1-5H3,(H2,23,24,25);1H. The molecule has 1 aromatic carbocycles. The number of halogens is 1.